The molecule has 0 spiro atoms. The normalized spacial score (nSPS) is 14.8. The molecule has 0 aromatic heterocycles. The van der Waals surface area contributed by atoms with Crippen LogP contribution >= 0.6 is 11.6 Å². The van der Waals surface area contributed by atoms with Crippen molar-refractivity contribution in [2.75, 3.05) is 36.3 Å². The Hall–Kier alpha value is -2.96. The van der Waals surface area contributed by atoms with Gasteiger partial charge in [0.25, 0.3) is 15.9 Å². The van der Waals surface area contributed by atoms with E-state index in [0.29, 0.717) is 24.6 Å². The Bertz CT molecular complexity index is 1490. The smallest absolute Gasteiger partial charge is 0.261 e. The molecule has 0 unspecified atom stereocenters. The van der Waals surface area contributed by atoms with Crippen LogP contribution in [0.25, 0.3) is 0 Å². The van der Waals surface area contributed by atoms with E-state index in [9.17, 15) is 21.6 Å². The van der Waals surface area contributed by atoms with Gasteiger partial charge in [-0.05, 0) is 67.1 Å². The number of nitrogens with one attached hydrogen (secondary N) is 2. The van der Waals surface area contributed by atoms with E-state index in [-0.39, 0.29) is 33.5 Å². The van der Waals surface area contributed by atoms with Gasteiger partial charge in [0.05, 0.1) is 33.6 Å². The number of benzene rings is 3. The molecule has 1 fully saturated rings. The largest absolute Gasteiger partial charge is 0.379 e. The van der Waals surface area contributed by atoms with Crippen LogP contribution in [0.4, 0.5) is 11.4 Å². The zero-order valence-corrected chi connectivity index (χ0v) is 21.7. The molecule has 0 radical (unpaired) electrons. The summed E-state index contributed by atoms with van der Waals surface area (Å²) in [7, 11) is -7.65. The van der Waals surface area contributed by atoms with Crippen LogP contribution in [0.5, 0.6) is 0 Å². The molecule has 12 heteroatoms. The maximum Gasteiger partial charge on any atom is 0.261 e. The number of aryl methyl sites for hydroxylation is 1. The SMILES string of the molecule is Cc1cccc(NS(=O)(=O)c2ccc(NC(=O)c3cc(S(=O)(=O)N4CCOCC4)ccc3Cl)cc2)c1. The van der Waals surface area contributed by atoms with Crippen LogP contribution in [0, 0.1) is 6.92 Å². The van der Waals surface area contributed by atoms with Crippen LogP contribution in [0.3, 0.4) is 0 Å². The van der Waals surface area contributed by atoms with Crippen LogP contribution in [-0.4, -0.2) is 53.4 Å². The summed E-state index contributed by atoms with van der Waals surface area (Å²) in [5.41, 5.74) is 1.64. The van der Waals surface area contributed by atoms with Gasteiger partial charge in [0.15, 0.2) is 0 Å². The molecule has 0 atom stereocenters. The highest BCUT2D eigenvalue weighted by Crippen LogP contribution is 2.25. The third-order valence-corrected chi connectivity index (χ3v) is 9.10. The molecular formula is C24H24ClN3O6S2. The Morgan fingerprint density at radius 2 is 1.56 bits per heavy atom. The molecular weight excluding hydrogens is 526 g/mol. The summed E-state index contributed by atoms with van der Waals surface area (Å²) in [6.45, 7) is 2.90. The Labute approximate surface area is 215 Å². The highest BCUT2D eigenvalue weighted by Gasteiger charge is 2.27. The number of carbonyl (C=O) groups excluding carboxylic acids is 1. The molecule has 3 aromatic rings. The molecule has 0 bridgehead atoms. The van der Waals surface area contributed by atoms with Crippen molar-refractivity contribution in [3.05, 3.63) is 82.9 Å². The van der Waals surface area contributed by atoms with Gasteiger partial charge in [-0.3, -0.25) is 9.52 Å². The molecule has 1 amide bonds. The van der Waals surface area contributed by atoms with Crippen molar-refractivity contribution in [2.24, 2.45) is 0 Å². The van der Waals surface area contributed by atoms with Gasteiger partial charge in [-0.25, -0.2) is 16.8 Å². The van der Waals surface area contributed by atoms with E-state index in [1.54, 1.807) is 18.2 Å². The summed E-state index contributed by atoms with van der Waals surface area (Å²) >= 11 is 6.19. The quantitative estimate of drug-likeness (QED) is 0.463. The van der Waals surface area contributed by atoms with E-state index in [2.05, 4.69) is 10.0 Å². The van der Waals surface area contributed by atoms with E-state index in [4.69, 9.17) is 16.3 Å². The van der Waals surface area contributed by atoms with Crippen LogP contribution in [0.2, 0.25) is 5.02 Å². The average molecular weight is 550 g/mol. The van der Waals surface area contributed by atoms with E-state index in [1.807, 2.05) is 13.0 Å². The average Bonchev–Trinajstić information content (AvgIpc) is 2.85. The lowest BCUT2D eigenvalue weighted by Gasteiger charge is -2.26. The number of rotatable bonds is 7. The zero-order valence-electron chi connectivity index (χ0n) is 19.3. The predicted octanol–water partition coefficient (Wildman–Crippen LogP) is 3.72. The van der Waals surface area contributed by atoms with Crippen molar-refractivity contribution in [1.82, 2.24) is 4.31 Å². The number of hydrogen-bond donors (Lipinski definition) is 2. The van der Waals surface area contributed by atoms with Crippen LogP contribution in [0.1, 0.15) is 15.9 Å². The maximum absolute atomic E-state index is 12.9. The topological polar surface area (TPSA) is 122 Å². The Morgan fingerprint density at radius 3 is 2.22 bits per heavy atom. The third-order valence-electron chi connectivity index (χ3n) is 5.48. The highest BCUT2D eigenvalue weighted by atomic mass is 35.5. The molecule has 4 rings (SSSR count). The first kappa shape index (κ1) is 26.1. The molecule has 190 valence electrons. The minimum absolute atomic E-state index is 0.0126. The summed E-state index contributed by atoms with van der Waals surface area (Å²) in [5, 5.41) is 2.70. The lowest BCUT2D eigenvalue weighted by atomic mass is 10.2. The number of hydrogen-bond acceptors (Lipinski definition) is 6. The summed E-state index contributed by atoms with van der Waals surface area (Å²) in [6.07, 6.45) is 0. The third kappa shape index (κ3) is 5.88. The minimum atomic E-state index is -3.83. The lowest BCUT2D eigenvalue weighted by molar-refractivity contribution is 0.0730. The fourth-order valence-corrected chi connectivity index (χ4v) is 6.30. The number of anilines is 2. The second-order valence-electron chi connectivity index (χ2n) is 8.11. The second-order valence-corrected chi connectivity index (χ2v) is 12.1. The molecule has 9 nitrogen and oxygen atoms in total. The monoisotopic (exact) mass is 549 g/mol. The van der Waals surface area contributed by atoms with Gasteiger partial charge in [-0.1, -0.05) is 23.7 Å². The molecule has 0 aliphatic carbocycles. The Morgan fingerprint density at radius 1 is 0.889 bits per heavy atom. The van der Waals surface area contributed by atoms with Gasteiger partial charge in [-0.15, -0.1) is 0 Å². The summed E-state index contributed by atoms with van der Waals surface area (Å²) in [6, 6.07) is 16.5. The highest BCUT2D eigenvalue weighted by molar-refractivity contribution is 7.92. The molecule has 1 heterocycles. The number of ether oxygens (including phenoxy) is 1. The van der Waals surface area contributed by atoms with Crippen LogP contribution in [-0.2, 0) is 24.8 Å². The van der Waals surface area contributed by atoms with Crippen molar-refractivity contribution < 1.29 is 26.4 Å². The van der Waals surface area contributed by atoms with Gasteiger partial charge in [0.2, 0.25) is 10.0 Å². The number of sulfonamides is 2. The van der Waals surface area contributed by atoms with E-state index in [0.717, 1.165) is 5.56 Å². The molecule has 36 heavy (non-hydrogen) atoms. The van der Waals surface area contributed by atoms with Crippen LogP contribution < -0.4 is 10.0 Å². The number of amides is 1. The standard InChI is InChI=1S/C24H24ClN3O6S2/c1-17-3-2-4-19(15-17)27-35(30,31)20-7-5-18(6-8-20)26-24(29)22-16-21(9-10-23(22)25)36(32,33)28-11-13-34-14-12-28/h2-10,15-16,27H,11-14H2,1H3,(H,26,29). The van der Waals surface area contributed by atoms with Crippen molar-refractivity contribution in [3.8, 4) is 0 Å². The Kier molecular flexibility index (Phi) is 7.67. The molecule has 0 saturated carbocycles. The van der Waals surface area contributed by atoms with Crippen molar-refractivity contribution in [1.29, 1.82) is 0 Å². The fraction of sp³-hybridized carbons (Fsp3) is 0.208. The first-order valence-corrected chi connectivity index (χ1v) is 14.2. The molecule has 1 saturated heterocycles. The summed E-state index contributed by atoms with van der Waals surface area (Å²) in [5.74, 6) is -0.632. The van der Waals surface area contributed by atoms with Crippen molar-refractivity contribution in [2.45, 2.75) is 16.7 Å². The van der Waals surface area contributed by atoms with Gasteiger partial charge in [0, 0.05) is 24.5 Å². The van der Waals surface area contributed by atoms with Crippen LogP contribution in [0.15, 0.2) is 76.5 Å². The molecule has 3 aromatic carbocycles. The summed E-state index contributed by atoms with van der Waals surface area (Å²) in [4.78, 5) is 12.9. The van der Waals surface area contributed by atoms with E-state index < -0.39 is 26.0 Å². The lowest BCUT2D eigenvalue weighted by Crippen LogP contribution is -2.40. The first-order valence-electron chi connectivity index (χ1n) is 10.9. The molecule has 1 aliphatic heterocycles. The molecule has 1 aliphatic rings. The number of morpholine rings is 1. The summed E-state index contributed by atoms with van der Waals surface area (Å²) < 4.78 is 60.3. The van der Waals surface area contributed by atoms with Crippen molar-refractivity contribution in [3.63, 3.8) is 0 Å². The first-order chi connectivity index (χ1) is 17.1. The van der Waals surface area contributed by atoms with Gasteiger partial charge in [-0.2, -0.15) is 4.31 Å². The minimum Gasteiger partial charge on any atom is -0.379 e. The van der Waals surface area contributed by atoms with Gasteiger partial charge >= 0.3 is 0 Å². The number of nitrogens with zero attached hydrogens (tertiary/aromatic N) is 1. The maximum atomic E-state index is 12.9. The fourth-order valence-electron chi connectivity index (χ4n) is 3.61. The number of halogens is 1. The van der Waals surface area contributed by atoms with Crippen molar-refractivity contribution >= 4 is 48.9 Å². The van der Waals surface area contributed by atoms with Gasteiger partial charge in [0.1, 0.15) is 0 Å². The van der Waals surface area contributed by atoms with E-state index >= 15 is 0 Å². The van der Waals surface area contributed by atoms with Gasteiger partial charge < -0.3 is 10.1 Å². The number of carbonyl (C=O) groups is 1. The second kappa shape index (κ2) is 10.6. The Balaban J connectivity index is 1.50. The van der Waals surface area contributed by atoms with E-state index in [1.165, 1.54) is 46.8 Å². The predicted molar refractivity (Wildman–Crippen MR) is 137 cm³/mol. The zero-order chi connectivity index (χ0) is 25.9. The molecule has 2 N–H and O–H groups in total.